The molecule has 14 heavy (non-hydrogen) atoms. The highest BCUT2D eigenvalue weighted by molar-refractivity contribution is 6.61. The zero-order valence-corrected chi connectivity index (χ0v) is 6.65. The van der Waals surface area contributed by atoms with E-state index in [2.05, 4.69) is 9.61 Å². The molecule has 5 nitrogen and oxygen atoms in total. The highest BCUT2D eigenvalue weighted by Gasteiger charge is 2.30. The van der Waals surface area contributed by atoms with Crippen molar-refractivity contribution >= 4 is 12.6 Å². The molecule has 0 aliphatic heterocycles. The second kappa shape index (κ2) is 4.33. The van der Waals surface area contributed by atoms with Crippen molar-refractivity contribution in [1.29, 1.82) is 0 Å². The molecule has 0 amide bonds. The molecule has 0 saturated carbocycles. The van der Waals surface area contributed by atoms with E-state index in [-0.39, 0.29) is 0 Å². The van der Waals surface area contributed by atoms with E-state index in [0.717, 1.165) is 0 Å². The van der Waals surface area contributed by atoms with Gasteiger partial charge in [-0.05, 0) is 0 Å². The highest BCUT2D eigenvalue weighted by atomic mass is 19.1. The standard InChI is InChI=1S/C6H5BF2O5/c8-3-1-4(9)6(5(10)2-3)7(13-11)14-12/h1-2,10-12H. The lowest BCUT2D eigenvalue weighted by atomic mass is 9.78. The van der Waals surface area contributed by atoms with Crippen LogP contribution in [0.5, 0.6) is 5.75 Å². The molecule has 3 N–H and O–H groups in total. The monoisotopic (exact) mass is 206 g/mol. The van der Waals surface area contributed by atoms with E-state index in [1.165, 1.54) is 0 Å². The average molecular weight is 206 g/mol. The number of halogens is 2. The van der Waals surface area contributed by atoms with Crippen LogP contribution in [0, 0.1) is 11.6 Å². The Hall–Kier alpha value is -1.22. The molecule has 0 aromatic heterocycles. The third-order valence-corrected chi connectivity index (χ3v) is 1.50. The average Bonchev–Trinajstić information content (AvgIpc) is 2.10. The molecule has 0 aliphatic carbocycles. The second-order valence-electron chi connectivity index (χ2n) is 2.36. The van der Waals surface area contributed by atoms with Crippen LogP contribution in [0.1, 0.15) is 0 Å². The molecular weight excluding hydrogens is 201 g/mol. The van der Waals surface area contributed by atoms with Crippen LogP contribution in [-0.4, -0.2) is 22.7 Å². The Labute approximate surface area is 77.1 Å². The molecule has 1 aromatic carbocycles. The summed E-state index contributed by atoms with van der Waals surface area (Å²) in [4.78, 5) is 6.98. The van der Waals surface area contributed by atoms with Crippen molar-refractivity contribution in [2.45, 2.75) is 0 Å². The first-order valence-corrected chi connectivity index (χ1v) is 3.38. The zero-order chi connectivity index (χ0) is 10.7. The van der Waals surface area contributed by atoms with Gasteiger partial charge in [0.15, 0.2) is 0 Å². The van der Waals surface area contributed by atoms with Gasteiger partial charge in [-0.2, -0.15) is 0 Å². The molecule has 0 radical (unpaired) electrons. The molecule has 0 fully saturated rings. The summed E-state index contributed by atoms with van der Waals surface area (Å²) in [6.45, 7) is 0. The highest BCUT2D eigenvalue weighted by Crippen LogP contribution is 2.12. The van der Waals surface area contributed by atoms with Gasteiger partial charge in [0.25, 0.3) is 0 Å². The second-order valence-corrected chi connectivity index (χ2v) is 2.36. The van der Waals surface area contributed by atoms with Crippen LogP contribution in [0.3, 0.4) is 0 Å². The first-order valence-electron chi connectivity index (χ1n) is 3.38. The summed E-state index contributed by atoms with van der Waals surface area (Å²) in [6, 6.07) is 1.00. The number of phenolic OH excluding ortho intramolecular Hbond substituents is 1. The van der Waals surface area contributed by atoms with Crippen molar-refractivity contribution in [2.75, 3.05) is 0 Å². The van der Waals surface area contributed by atoms with Crippen molar-refractivity contribution < 1.29 is 34.0 Å². The normalized spacial score (nSPS) is 10.3. The van der Waals surface area contributed by atoms with E-state index in [1.807, 2.05) is 0 Å². The molecule has 0 atom stereocenters. The van der Waals surface area contributed by atoms with Crippen LogP contribution < -0.4 is 5.46 Å². The number of benzene rings is 1. The topological polar surface area (TPSA) is 79.2 Å². The molecule has 0 spiro atoms. The predicted octanol–water partition coefficient (Wildman–Crippen LogP) is 0.345. The Balaban J connectivity index is 3.19. The van der Waals surface area contributed by atoms with Gasteiger partial charge in [-0.15, -0.1) is 0 Å². The molecule has 0 bridgehead atoms. The van der Waals surface area contributed by atoms with Gasteiger partial charge < -0.3 is 5.11 Å². The van der Waals surface area contributed by atoms with Crippen LogP contribution in [0.25, 0.3) is 0 Å². The van der Waals surface area contributed by atoms with E-state index < -0.39 is 30.0 Å². The first kappa shape index (κ1) is 10.9. The van der Waals surface area contributed by atoms with Crippen molar-refractivity contribution in [3.05, 3.63) is 23.8 Å². The molecule has 0 unspecified atom stereocenters. The molecular formula is C6H5BF2O5. The number of hydrogen-bond acceptors (Lipinski definition) is 5. The fourth-order valence-corrected chi connectivity index (χ4v) is 0.929. The van der Waals surface area contributed by atoms with Gasteiger partial charge in [0, 0.05) is 12.1 Å². The smallest absolute Gasteiger partial charge is 0.508 e. The molecule has 1 rings (SSSR count). The summed E-state index contributed by atoms with van der Waals surface area (Å²) < 4.78 is 25.4. The lowest BCUT2D eigenvalue weighted by Gasteiger charge is -2.08. The molecule has 0 heterocycles. The Bertz CT molecular complexity index is 307. The third kappa shape index (κ3) is 1.99. The van der Waals surface area contributed by atoms with Gasteiger partial charge in [-0.3, -0.25) is 20.1 Å². The molecule has 76 valence electrons. The molecule has 1 aromatic rings. The van der Waals surface area contributed by atoms with Crippen LogP contribution in [-0.2, 0) is 9.61 Å². The van der Waals surface area contributed by atoms with Crippen LogP contribution in [0.2, 0.25) is 0 Å². The fourth-order valence-electron chi connectivity index (χ4n) is 0.929. The fraction of sp³-hybridized carbons (Fsp3) is 0. The molecule has 0 aliphatic rings. The largest absolute Gasteiger partial charge is 0.560 e. The lowest BCUT2D eigenvalue weighted by Crippen LogP contribution is -2.37. The summed E-state index contributed by atoms with van der Waals surface area (Å²) in [5, 5.41) is 25.3. The summed E-state index contributed by atoms with van der Waals surface area (Å²) in [6.07, 6.45) is 0. The number of rotatable bonds is 3. The van der Waals surface area contributed by atoms with Gasteiger partial charge in [0.05, 0.1) is 5.46 Å². The van der Waals surface area contributed by atoms with Crippen molar-refractivity contribution in [2.24, 2.45) is 0 Å². The van der Waals surface area contributed by atoms with E-state index in [0.29, 0.717) is 12.1 Å². The lowest BCUT2D eigenvalue weighted by molar-refractivity contribution is -0.221. The Morgan fingerprint density at radius 1 is 1.14 bits per heavy atom. The number of aromatic hydroxyl groups is 1. The Kier molecular flexibility index (Phi) is 3.36. The van der Waals surface area contributed by atoms with Gasteiger partial charge >= 0.3 is 7.12 Å². The zero-order valence-electron chi connectivity index (χ0n) is 6.65. The van der Waals surface area contributed by atoms with Crippen LogP contribution in [0.4, 0.5) is 8.78 Å². The quantitative estimate of drug-likeness (QED) is 0.377. The summed E-state index contributed by atoms with van der Waals surface area (Å²) in [5.41, 5.74) is -0.712. The van der Waals surface area contributed by atoms with Crippen molar-refractivity contribution in [3.8, 4) is 5.75 Å². The maximum Gasteiger partial charge on any atom is 0.560 e. The van der Waals surface area contributed by atoms with Gasteiger partial charge in [-0.1, -0.05) is 0 Å². The Morgan fingerprint density at radius 3 is 2.14 bits per heavy atom. The third-order valence-electron chi connectivity index (χ3n) is 1.50. The summed E-state index contributed by atoms with van der Waals surface area (Å²) >= 11 is 0. The van der Waals surface area contributed by atoms with Gasteiger partial charge in [0.2, 0.25) is 0 Å². The van der Waals surface area contributed by atoms with Crippen molar-refractivity contribution in [3.63, 3.8) is 0 Å². The van der Waals surface area contributed by atoms with E-state index in [1.54, 1.807) is 0 Å². The minimum atomic E-state index is -1.93. The van der Waals surface area contributed by atoms with Gasteiger partial charge in [-0.25, -0.2) is 8.78 Å². The van der Waals surface area contributed by atoms with Crippen LogP contribution >= 0.6 is 0 Å². The molecule has 8 heteroatoms. The molecule has 0 saturated heterocycles. The first-order chi connectivity index (χ1) is 6.60. The van der Waals surface area contributed by atoms with E-state index >= 15 is 0 Å². The summed E-state index contributed by atoms with van der Waals surface area (Å²) in [7, 11) is -1.93. The maximum atomic E-state index is 13.0. The summed E-state index contributed by atoms with van der Waals surface area (Å²) in [5.74, 6) is -3.09. The van der Waals surface area contributed by atoms with Crippen molar-refractivity contribution in [1.82, 2.24) is 0 Å². The van der Waals surface area contributed by atoms with E-state index in [9.17, 15) is 8.78 Å². The minimum absolute atomic E-state index is 0.431. The number of hydrogen-bond donors (Lipinski definition) is 3. The SMILES string of the molecule is OOB(OO)c1c(O)cc(F)cc1F. The van der Waals surface area contributed by atoms with Crippen LogP contribution in [0.15, 0.2) is 12.1 Å². The van der Waals surface area contributed by atoms with E-state index in [4.69, 9.17) is 15.6 Å². The maximum absolute atomic E-state index is 13.0. The predicted molar refractivity (Wildman–Crippen MR) is 40.8 cm³/mol. The van der Waals surface area contributed by atoms with Gasteiger partial charge in [0.1, 0.15) is 17.4 Å². The number of phenols is 1. The Morgan fingerprint density at radius 2 is 1.71 bits per heavy atom. The minimum Gasteiger partial charge on any atom is -0.508 e.